The number of pyridine rings is 3. The summed E-state index contributed by atoms with van der Waals surface area (Å²) in [6.45, 7) is 0. The molecule has 0 aliphatic heterocycles. The van der Waals surface area contributed by atoms with Gasteiger partial charge in [-0.1, -0.05) is 60.7 Å². The second-order valence-corrected chi connectivity index (χ2v) is 9.88. The number of fused-ring (bicyclic) bond motifs is 4. The quantitative estimate of drug-likeness (QED) is 0.223. The Morgan fingerprint density at radius 3 is 1.32 bits per heavy atom. The summed E-state index contributed by atoms with van der Waals surface area (Å²) in [6, 6.07) is 39.4. The van der Waals surface area contributed by atoms with Gasteiger partial charge in [0.15, 0.2) is 5.82 Å². The number of benzene rings is 4. The summed E-state index contributed by atoms with van der Waals surface area (Å²) in [4.78, 5) is 24.1. The maximum Gasteiger partial charge on any atom is 0.159 e. The van der Waals surface area contributed by atoms with E-state index in [1.807, 2.05) is 30.3 Å². The van der Waals surface area contributed by atoms with Crippen LogP contribution in [0.4, 0.5) is 0 Å². The highest BCUT2D eigenvalue weighted by Crippen LogP contribution is 2.31. The summed E-state index contributed by atoms with van der Waals surface area (Å²) >= 11 is 0. The fourth-order valence-electron chi connectivity index (χ4n) is 5.28. The molecule has 0 radical (unpaired) electrons. The van der Waals surface area contributed by atoms with Crippen molar-refractivity contribution in [2.45, 2.75) is 0 Å². The van der Waals surface area contributed by atoms with Crippen LogP contribution in [0.2, 0.25) is 0 Å². The van der Waals surface area contributed by atoms with Crippen LogP contribution in [0, 0.1) is 0 Å². The van der Waals surface area contributed by atoms with Crippen molar-refractivity contribution in [2.75, 3.05) is 0 Å². The molecule has 4 aromatic carbocycles. The Bertz CT molecular complexity index is 2090. The molecular formula is C35H21N5. The van der Waals surface area contributed by atoms with Crippen molar-refractivity contribution < 1.29 is 0 Å². The smallest absolute Gasteiger partial charge is 0.159 e. The van der Waals surface area contributed by atoms with E-state index >= 15 is 0 Å². The van der Waals surface area contributed by atoms with Gasteiger partial charge in [0.1, 0.15) is 0 Å². The third-order valence-corrected chi connectivity index (χ3v) is 7.29. The predicted octanol–water partition coefficient (Wildman–Crippen LogP) is 8.28. The lowest BCUT2D eigenvalue weighted by Gasteiger charge is -2.10. The Balaban J connectivity index is 1.31. The molecule has 5 nitrogen and oxygen atoms in total. The zero-order chi connectivity index (χ0) is 26.5. The minimum atomic E-state index is 0.631. The Morgan fingerprint density at radius 1 is 0.350 bits per heavy atom. The van der Waals surface area contributed by atoms with E-state index < -0.39 is 0 Å². The van der Waals surface area contributed by atoms with Gasteiger partial charge in [-0.25, -0.2) is 24.9 Å². The van der Waals surface area contributed by atoms with E-state index in [-0.39, 0.29) is 0 Å². The van der Waals surface area contributed by atoms with Crippen molar-refractivity contribution in [3.05, 3.63) is 128 Å². The molecule has 0 unspecified atom stereocenters. The van der Waals surface area contributed by atoms with Crippen LogP contribution in [0.3, 0.4) is 0 Å². The molecule has 0 amide bonds. The Kier molecular flexibility index (Phi) is 5.07. The van der Waals surface area contributed by atoms with E-state index in [0.717, 1.165) is 60.9 Å². The van der Waals surface area contributed by atoms with Crippen molar-refractivity contribution in [3.8, 4) is 34.2 Å². The molecule has 0 aliphatic carbocycles. The fourth-order valence-corrected chi connectivity index (χ4v) is 5.28. The van der Waals surface area contributed by atoms with Gasteiger partial charge in [-0.2, -0.15) is 0 Å². The highest BCUT2D eigenvalue weighted by atomic mass is 14.9. The SMILES string of the molecule is c1cnc(-c2cc(-c3ccc4cc5ccccc5cc4n3)nc(-c3ccc4cc5ccccc5cc4n3)c2)nc1. The molecule has 0 fully saturated rings. The first kappa shape index (κ1) is 22.4. The van der Waals surface area contributed by atoms with Crippen molar-refractivity contribution >= 4 is 43.4 Å². The van der Waals surface area contributed by atoms with Gasteiger partial charge >= 0.3 is 0 Å². The summed E-state index contributed by atoms with van der Waals surface area (Å²) in [7, 11) is 0. The van der Waals surface area contributed by atoms with Gasteiger partial charge in [0.25, 0.3) is 0 Å². The molecular weight excluding hydrogens is 490 g/mol. The molecule has 186 valence electrons. The van der Waals surface area contributed by atoms with Crippen LogP contribution >= 0.6 is 0 Å². The number of nitrogens with zero attached hydrogens (tertiary/aromatic N) is 5. The Hall–Kier alpha value is -5.55. The van der Waals surface area contributed by atoms with Gasteiger partial charge in [-0.15, -0.1) is 0 Å². The van der Waals surface area contributed by atoms with E-state index in [9.17, 15) is 0 Å². The average molecular weight is 512 g/mol. The minimum Gasteiger partial charge on any atom is -0.246 e. The highest BCUT2D eigenvalue weighted by Gasteiger charge is 2.13. The molecule has 4 aromatic heterocycles. The fraction of sp³-hybridized carbons (Fsp3) is 0. The third-order valence-electron chi connectivity index (χ3n) is 7.29. The molecule has 0 spiro atoms. The number of rotatable bonds is 3. The van der Waals surface area contributed by atoms with Crippen molar-refractivity contribution in [2.24, 2.45) is 0 Å². The maximum absolute atomic E-state index is 5.06. The number of aromatic nitrogens is 5. The monoisotopic (exact) mass is 511 g/mol. The van der Waals surface area contributed by atoms with Crippen LogP contribution in [0.1, 0.15) is 0 Å². The van der Waals surface area contributed by atoms with Crippen molar-refractivity contribution in [1.82, 2.24) is 24.9 Å². The molecule has 0 bridgehead atoms. The average Bonchev–Trinajstić information content (AvgIpc) is 3.02. The summed E-state index contributed by atoms with van der Waals surface area (Å²) in [5.41, 5.74) is 5.78. The van der Waals surface area contributed by atoms with Crippen molar-refractivity contribution in [1.29, 1.82) is 0 Å². The molecule has 40 heavy (non-hydrogen) atoms. The van der Waals surface area contributed by atoms with E-state index in [0.29, 0.717) is 5.82 Å². The topological polar surface area (TPSA) is 64.5 Å². The lowest BCUT2D eigenvalue weighted by atomic mass is 10.0. The van der Waals surface area contributed by atoms with Gasteiger partial charge in [-0.3, -0.25) is 0 Å². The summed E-state index contributed by atoms with van der Waals surface area (Å²) in [6.07, 6.45) is 3.50. The third kappa shape index (κ3) is 3.92. The van der Waals surface area contributed by atoms with Gasteiger partial charge in [0.2, 0.25) is 0 Å². The first-order valence-corrected chi connectivity index (χ1v) is 13.2. The van der Waals surface area contributed by atoms with Crippen molar-refractivity contribution in [3.63, 3.8) is 0 Å². The van der Waals surface area contributed by atoms with Gasteiger partial charge in [-0.05, 0) is 76.1 Å². The van der Waals surface area contributed by atoms with E-state index in [2.05, 4.69) is 94.9 Å². The summed E-state index contributed by atoms with van der Waals surface area (Å²) < 4.78 is 0. The van der Waals surface area contributed by atoms with Gasteiger partial charge < -0.3 is 0 Å². The molecule has 0 saturated heterocycles. The van der Waals surface area contributed by atoms with Crippen LogP contribution < -0.4 is 0 Å². The molecule has 0 aliphatic rings. The minimum absolute atomic E-state index is 0.631. The molecule has 4 heterocycles. The molecule has 8 aromatic rings. The molecule has 0 saturated carbocycles. The standard InChI is InChI=1S/C35H21N5/c1-3-8-24-18-31-26(16-22(24)6-1)10-12-29(38-31)33-20-28(35-36-14-5-15-37-35)21-34(40-33)30-13-11-27-17-23-7-2-4-9-25(23)19-32(27)39-30/h1-21H. The van der Waals surface area contributed by atoms with E-state index in [4.69, 9.17) is 15.0 Å². The van der Waals surface area contributed by atoms with Crippen LogP contribution in [0.15, 0.2) is 128 Å². The number of hydrogen-bond acceptors (Lipinski definition) is 5. The van der Waals surface area contributed by atoms with Crippen LogP contribution in [-0.4, -0.2) is 24.9 Å². The van der Waals surface area contributed by atoms with Crippen LogP contribution in [0.5, 0.6) is 0 Å². The largest absolute Gasteiger partial charge is 0.246 e. The molecule has 0 atom stereocenters. The van der Waals surface area contributed by atoms with Gasteiger partial charge in [0, 0.05) is 28.7 Å². The normalized spacial score (nSPS) is 11.5. The second kappa shape index (κ2) is 9.03. The van der Waals surface area contributed by atoms with Crippen LogP contribution in [-0.2, 0) is 0 Å². The first-order valence-electron chi connectivity index (χ1n) is 13.2. The second-order valence-electron chi connectivity index (χ2n) is 9.88. The highest BCUT2D eigenvalue weighted by molar-refractivity contribution is 5.98. The molecule has 5 heteroatoms. The molecule has 0 N–H and O–H groups in total. The van der Waals surface area contributed by atoms with E-state index in [1.165, 1.54) is 10.8 Å². The lowest BCUT2D eigenvalue weighted by molar-refractivity contribution is 1.16. The Labute approximate surface area is 229 Å². The Morgan fingerprint density at radius 2 is 0.825 bits per heavy atom. The maximum atomic E-state index is 5.06. The zero-order valence-electron chi connectivity index (χ0n) is 21.4. The van der Waals surface area contributed by atoms with Crippen LogP contribution in [0.25, 0.3) is 77.5 Å². The zero-order valence-corrected chi connectivity index (χ0v) is 21.4. The number of hydrogen-bond donors (Lipinski definition) is 0. The lowest BCUT2D eigenvalue weighted by Crippen LogP contribution is -1.96. The summed E-state index contributed by atoms with van der Waals surface area (Å²) in [5.74, 6) is 0.631. The van der Waals surface area contributed by atoms with Gasteiger partial charge in [0.05, 0.1) is 33.8 Å². The summed E-state index contributed by atoms with van der Waals surface area (Å²) in [5, 5.41) is 6.90. The molecule has 8 rings (SSSR count). The first-order chi connectivity index (χ1) is 19.8. The van der Waals surface area contributed by atoms with E-state index in [1.54, 1.807) is 12.4 Å². The predicted molar refractivity (Wildman–Crippen MR) is 162 cm³/mol.